The molecule has 16 heteroatoms. The number of aromatic nitrogens is 5. The molecule has 35 heavy (non-hydrogen) atoms. The highest BCUT2D eigenvalue weighted by Crippen LogP contribution is 2.34. The van der Waals surface area contributed by atoms with E-state index in [9.17, 15) is 21.6 Å². The maximum Gasteiger partial charge on any atom is 0.291 e. The molecule has 2 aliphatic heterocycles. The number of hydrogen-bond donors (Lipinski definition) is 2. The van der Waals surface area contributed by atoms with Gasteiger partial charge in [0, 0.05) is 25.2 Å². The van der Waals surface area contributed by atoms with Gasteiger partial charge in [0.2, 0.25) is 15.2 Å². The fourth-order valence-electron chi connectivity index (χ4n) is 4.30. The van der Waals surface area contributed by atoms with Gasteiger partial charge in [-0.3, -0.25) is 0 Å². The molecule has 2 N–H and O–H groups in total. The van der Waals surface area contributed by atoms with E-state index in [1.807, 2.05) is 18.7 Å². The summed E-state index contributed by atoms with van der Waals surface area (Å²) in [6, 6.07) is 3.03. The number of alkyl halides is 3. The maximum absolute atomic E-state index is 13.6. The molecule has 0 aliphatic carbocycles. The Hall–Kier alpha value is -2.40. The molecule has 11 nitrogen and oxygen atoms in total. The largest absolute Gasteiger partial charge is 0.377 e. The number of sulfonamides is 1. The van der Waals surface area contributed by atoms with E-state index in [4.69, 9.17) is 4.74 Å². The van der Waals surface area contributed by atoms with Crippen molar-refractivity contribution in [3.8, 4) is 5.13 Å². The first kappa shape index (κ1) is 24.3. The Kier molecular flexibility index (Phi) is 6.19. The summed E-state index contributed by atoms with van der Waals surface area (Å²) in [5.41, 5.74) is -0.188. The van der Waals surface area contributed by atoms with Crippen molar-refractivity contribution in [2.24, 2.45) is 0 Å². The topological polar surface area (TPSA) is 127 Å². The standard InChI is InChI=1S/C19H23F3N8O3S2/c1-10-5-29(6-11(2)23-10)13-3-12(35(31,32)27-19(7-20)8-33-9-19)4-14-15(13)24-28-30(14)18-26-25-17(34-18)16(21)22/h3-4,10-11,16,23,27H,5-9H2,1-2H3/t10-,11-/m0/s1. The lowest BCUT2D eigenvalue weighted by molar-refractivity contribution is -0.0725. The van der Waals surface area contributed by atoms with Gasteiger partial charge in [0.25, 0.3) is 6.43 Å². The summed E-state index contributed by atoms with van der Waals surface area (Å²) in [6.07, 6.45) is -2.81. The van der Waals surface area contributed by atoms with Crippen LogP contribution in [0.1, 0.15) is 25.3 Å². The molecule has 2 saturated heterocycles. The predicted molar refractivity (Wildman–Crippen MR) is 121 cm³/mol. The van der Waals surface area contributed by atoms with Crippen LogP contribution in [0.2, 0.25) is 0 Å². The van der Waals surface area contributed by atoms with Crippen molar-refractivity contribution in [3.63, 3.8) is 0 Å². The molecular weight excluding hydrogens is 509 g/mol. The zero-order valence-corrected chi connectivity index (χ0v) is 20.4. The van der Waals surface area contributed by atoms with Crippen molar-refractivity contribution in [1.82, 2.24) is 35.2 Å². The van der Waals surface area contributed by atoms with Crippen LogP contribution in [0.15, 0.2) is 17.0 Å². The van der Waals surface area contributed by atoms with E-state index in [1.54, 1.807) is 0 Å². The van der Waals surface area contributed by atoms with E-state index < -0.39 is 33.7 Å². The second kappa shape index (κ2) is 8.92. The number of ether oxygens (including phenoxy) is 1. The molecule has 3 aromatic rings. The third-order valence-corrected chi connectivity index (χ3v) is 8.34. The number of nitrogens with one attached hydrogen (secondary N) is 2. The minimum Gasteiger partial charge on any atom is -0.377 e. The molecule has 2 aliphatic rings. The Morgan fingerprint density at radius 2 is 1.94 bits per heavy atom. The lowest BCUT2D eigenvalue weighted by atomic mass is 10.0. The Morgan fingerprint density at radius 3 is 2.51 bits per heavy atom. The van der Waals surface area contributed by atoms with Crippen LogP contribution >= 0.6 is 11.3 Å². The summed E-state index contributed by atoms with van der Waals surface area (Å²) in [6.45, 7) is 4.08. The predicted octanol–water partition coefficient (Wildman–Crippen LogP) is 1.41. The Balaban J connectivity index is 1.65. The fraction of sp³-hybridized carbons (Fsp3) is 0.579. The first-order valence-corrected chi connectivity index (χ1v) is 13.1. The average molecular weight is 533 g/mol. The van der Waals surface area contributed by atoms with Crippen molar-refractivity contribution in [3.05, 3.63) is 17.1 Å². The van der Waals surface area contributed by atoms with Crippen LogP contribution in [0, 0.1) is 0 Å². The molecule has 2 aromatic heterocycles. The zero-order chi connectivity index (χ0) is 25.0. The first-order valence-electron chi connectivity index (χ1n) is 10.8. The van der Waals surface area contributed by atoms with E-state index in [2.05, 4.69) is 30.5 Å². The number of fused-ring (bicyclic) bond motifs is 1. The molecule has 0 unspecified atom stereocenters. The lowest BCUT2D eigenvalue weighted by Gasteiger charge is -2.39. The van der Waals surface area contributed by atoms with Crippen molar-refractivity contribution in [2.45, 2.75) is 42.8 Å². The number of halogens is 3. The SMILES string of the molecule is C[C@H]1CN(c2cc(S(=O)(=O)NC3(CF)COC3)cc3c2nnn3-c2nnc(C(F)F)s2)C[C@H](C)N1. The number of rotatable bonds is 7. The van der Waals surface area contributed by atoms with Gasteiger partial charge >= 0.3 is 0 Å². The van der Waals surface area contributed by atoms with E-state index >= 15 is 0 Å². The van der Waals surface area contributed by atoms with E-state index in [-0.39, 0.29) is 40.8 Å². The van der Waals surface area contributed by atoms with Gasteiger partial charge in [0.05, 0.1) is 23.8 Å². The molecule has 5 rings (SSSR count). The Bertz CT molecular complexity index is 1330. The van der Waals surface area contributed by atoms with Gasteiger partial charge in [-0.05, 0) is 26.0 Å². The molecule has 1 aromatic carbocycles. The smallest absolute Gasteiger partial charge is 0.291 e. The highest BCUT2D eigenvalue weighted by molar-refractivity contribution is 7.89. The Labute approximate surface area is 202 Å². The first-order chi connectivity index (χ1) is 16.6. The van der Waals surface area contributed by atoms with Crippen LogP contribution in [0.25, 0.3) is 16.2 Å². The van der Waals surface area contributed by atoms with E-state index in [0.717, 1.165) is 0 Å². The lowest BCUT2D eigenvalue weighted by Crippen LogP contribution is -2.63. The number of anilines is 1. The van der Waals surface area contributed by atoms with Gasteiger partial charge in [-0.15, -0.1) is 15.3 Å². The van der Waals surface area contributed by atoms with Gasteiger partial charge in [-0.1, -0.05) is 16.6 Å². The van der Waals surface area contributed by atoms with Gasteiger partial charge in [0.1, 0.15) is 23.2 Å². The van der Waals surface area contributed by atoms with Crippen molar-refractivity contribution in [2.75, 3.05) is 37.9 Å². The highest BCUT2D eigenvalue weighted by Gasteiger charge is 2.43. The fourth-order valence-corrected chi connectivity index (χ4v) is 6.35. The molecule has 0 spiro atoms. The summed E-state index contributed by atoms with van der Waals surface area (Å²) in [5.74, 6) is 0. The monoisotopic (exact) mass is 532 g/mol. The molecule has 2 atom stereocenters. The molecule has 2 fully saturated rings. The summed E-state index contributed by atoms with van der Waals surface area (Å²) in [4.78, 5) is 1.86. The molecular formula is C19H23F3N8O3S2. The third-order valence-electron chi connectivity index (χ3n) is 5.88. The second-order valence-electron chi connectivity index (χ2n) is 8.92. The summed E-state index contributed by atoms with van der Waals surface area (Å²) < 4.78 is 75.1. The van der Waals surface area contributed by atoms with Crippen LogP contribution in [-0.4, -0.2) is 84.2 Å². The molecule has 190 valence electrons. The van der Waals surface area contributed by atoms with Gasteiger partial charge in [-0.2, -0.15) is 9.40 Å². The quantitative estimate of drug-likeness (QED) is 0.464. The van der Waals surface area contributed by atoms with Crippen LogP contribution in [0.5, 0.6) is 0 Å². The maximum atomic E-state index is 13.6. The number of nitrogens with zero attached hydrogens (tertiary/aromatic N) is 6. The number of piperazine rings is 1. The van der Waals surface area contributed by atoms with Crippen molar-refractivity contribution >= 4 is 38.1 Å². The number of benzene rings is 1. The molecule has 4 heterocycles. The summed E-state index contributed by atoms with van der Waals surface area (Å²) in [5, 5.41) is 18.5. The normalized spacial score (nSPS) is 22.6. The van der Waals surface area contributed by atoms with Crippen LogP contribution in [0.4, 0.5) is 18.9 Å². The second-order valence-corrected chi connectivity index (χ2v) is 11.6. The summed E-state index contributed by atoms with van der Waals surface area (Å²) in [7, 11) is -4.19. The van der Waals surface area contributed by atoms with Crippen molar-refractivity contribution < 1.29 is 26.3 Å². The molecule has 0 radical (unpaired) electrons. The highest BCUT2D eigenvalue weighted by atomic mass is 32.2. The average Bonchev–Trinajstić information content (AvgIpc) is 3.42. The van der Waals surface area contributed by atoms with Gasteiger partial charge in [0.15, 0.2) is 5.01 Å². The van der Waals surface area contributed by atoms with E-state index in [0.29, 0.717) is 35.6 Å². The summed E-state index contributed by atoms with van der Waals surface area (Å²) >= 11 is 0.629. The third kappa shape index (κ3) is 4.48. The van der Waals surface area contributed by atoms with E-state index in [1.165, 1.54) is 16.8 Å². The van der Waals surface area contributed by atoms with Crippen LogP contribution in [-0.2, 0) is 14.8 Å². The zero-order valence-electron chi connectivity index (χ0n) is 18.8. The van der Waals surface area contributed by atoms with Gasteiger partial charge < -0.3 is 15.0 Å². The minimum absolute atomic E-state index is 0.0194. The molecule has 0 saturated carbocycles. The molecule has 0 bridgehead atoms. The van der Waals surface area contributed by atoms with Crippen LogP contribution in [0.3, 0.4) is 0 Å². The molecule has 0 amide bonds. The van der Waals surface area contributed by atoms with Crippen LogP contribution < -0.4 is 14.9 Å². The van der Waals surface area contributed by atoms with Crippen molar-refractivity contribution in [1.29, 1.82) is 0 Å². The van der Waals surface area contributed by atoms with Gasteiger partial charge in [-0.25, -0.2) is 21.6 Å². The minimum atomic E-state index is -4.19. The number of hydrogen-bond acceptors (Lipinski definition) is 10. The Morgan fingerprint density at radius 1 is 1.23 bits per heavy atom.